The number of benzene rings is 2. The lowest BCUT2D eigenvalue weighted by Gasteiger charge is -2.25. The number of phenols is 1. The lowest BCUT2D eigenvalue weighted by Crippen LogP contribution is -2.30. The van der Waals surface area contributed by atoms with Crippen LogP contribution in [0.15, 0.2) is 39.5 Å². The Hall–Kier alpha value is -3.28. The fourth-order valence-electron chi connectivity index (χ4n) is 4.35. The zero-order valence-electron chi connectivity index (χ0n) is 18.3. The van der Waals surface area contributed by atoms with E-state index >= 15 is 0 Å². The summed E-state index contributed by atoms with van der Waals surface area (Å²) in [7, 11) is 0. The van der Waals surface area contributed by atoms with Gasteiger partial charge in [0.1, 0.15) is 5.58 Å². The summed E-state index contributed by atoms with van der Waals surface area (Å²) in [4.78, 5) is 28.7. The van der Waals surface area contributed by atoms with Crippen LogP contribution < -0.4 is 10.2 Å². The molecule has 1 atom stereocenters. The molecule has 1 N–H and O–H groups in total. The second-order valence-electron chi connectivity index (χ2n) is 8.05. The van der Waals surface area contributed by atoms with E-state index < -0.39 is 6.04 Å². The van der Waals surface area contributed by atoms with Gasteiger partial charge < -0.3 is 19.2 Å². The lowest BCUT2D eigenvalue weighted by atomic mass is 9.97. The summed E-state index contributed by atoms with van der Waals surface area (Å²) in [6.45, 7) is 8.60. The number of amides is 1. The molecule has 2 heterocycles. The van der Waals surface area contributed by atoms with E-state index in [2.05, 4.69) is 6.92 Å². The molecule has 1 unspecified atom stereocenters. The van der Waals surface area contributed by atoms with Crippen LogP contribution in [0.1, 0.15) is 65.5 Å². The summed E-state index contributed by atoms with van der Waals surface area (Å²) >= 11 is 0. The summed E-state index contributed by atoms with van der Waals surface area (Å²) in [6.07, 6.45) is 1.72. The Bertz CT molecular complexity index is 1230. The highest BCUT2D eigenvalue weighted by Gasteiger charge is 2.42. The van der Waals surface area contributed by atoms with E-state index in [0.29, 0.717) is 41.0 Å². The Balaban J connectivity index is 1.98. The second kappa shape index (κ2) is 8.10. The van der Waals surface area contributed by atoms with Gasteiger partial charge >= 0.3 is 0 Å². The minimum absolute atomic E-state index is 0.0204. The van der Waals surface area contributed by atoms with Crippen LogP contribution in [0.3, 0.4) is 0 Å². The topological polar surface area (TPSA) is 80.0 Å². The van der Waals surface area contributed by atoms with Crippen LogP contribution in [0.5, 0.6) is 11.5 Å². The molecule has 4 rings (SSSR count). The maximum atomic E-state index is 13.6. The highest BCUT2D eigenvalue weighted by molar-refractivity contribution is 5.99. The third-order valence-electron chi connectivity index (χ3n) is 5.75. The normalized spacial score (nSPS) is 15.5. The molecule has 0 fully saturated rings. The molecule has 0 saturated heterocycles. The number of fused-ring (bicyclic) bond motifs is 2. The Kier molecular flexibility index (Phi) is 5.48. The van der Waals surface area contributed by atoms with Gasteiger partial charge in [0.15, 0.2) is 16.9 Å². The average Bonchev–Trinajstić information content (AvgIpc) is 3.01. The van der Waals surface area contributed by atoms with Crippen molar-refractivity contribution in [1.29, 1.82) is 0 Å². The minimum Gasteiger partial charge on any atom is -0.504 e. The van der Waals surface area contributed by atoms with Crippen molar-refractivity contribution in [3.63, 3.8) is 0 Å². The number of nitrogens with zero attached hydrogens (tertiary/aromatic N) is 1. The van der Waals surface area contributed by atoms with Gasteiger partial charge in [-0.15, -0.1) is 0 Å². The second-order valence-corrected chi connectivity index (χ2v) is 8.05. The van der Waals surface area contributed by atoms with Gasteiger partial charge in [-0.2, -0.15) is 0 Å². The van der Waals surface area contributed by atoms with Gasteiger partial charge in [-0.05, 0) is 62.1 Å². The van der Waals surface area contributed by atoms with Crippen molar-refractivity contribution in [1.82, 2.24) is 4.90 Å². The number of carbonyl (C=O) groups is 1. The summed E-state index contributed by atoms with van der Waals surface area (Å²) in [5, 5.41) is 10.6. The third kappa shape index (κ3) is 3.46. The molecule has 0 aliphatic carbocycles. The summed E-state index contributed by atoms with van der Waals surface area (Å²) < 4.78 is 11.6. The molecule has 6 heteroatoms. The highest BCUT2D eigenvalue weighted by atomic mass is 16.5. The van der Waals surface area contributed by atoms with Crippen LogP contribution in [-0.4, -0.2) is 29.1 Å². The van der Waals surface area contributed by atoms with Crippen LogP contribution in [-0.2, 0) is 0 Å². The third-order valence-corrected chi connectivity index (χ3v) is 5.75. The first-order valence-electron chi connectivity index (χ1n) is 10.7. The number of unbranched alkanes of at least 4 members (excludes halogenated alkanes) is 1. The van der Waals surface area contributed by atoms with E-state index in [0.717, 1.165) is 24.0 Å². The standard InChI is InChI=1S/C25H27NO5/c1-5-7-10-26-21(16-8-9-18(27)19(13-16)30-6-2)20-22(28)17-12-14(3)11-15(4)23(17)31-24(20)25(26)29/h8-9,11-13,21,27H,5-7,10H2,1-4H3. The summed E-state index contributed by atoms with van der Waals surface area (Å²) in [5.41, 5.74) is 3.12. The Morgan fingerprint density at radius 1 is 1.13 bits per heavy atom. The largest absolute Gasteiger partial charge is 0.504 e. The van der Waals surface area contributed by atoms with Crippen LogP contribution in [0.25, 0.3) is 11.0 Å². The molecule has 1 amide bonds. The Morgan fingerprint density at radius 3 is 2.61 bits per heavy atom. The molecule has 3 aromatic rings. The fourth-order valence-corrected chi connectivity index (χ4v) is 4.35. The number of aromatic hydroxyl groups is 1. The molecule has 1 aliphatic heterocycles. The first-order chi connectivity index (χ1) is 14.9. The molecule has 1 aliphatic rings. The molecule has 31 heavy (non-hydrogen) atoms. The van der Waals surface area contributed by atoms with Gasteiger partial charge in [-0.3, -0.25) is 9.59 Å². The van der Waals surface area contributed by atoms with Crippen molar-refractivity contribution in [3.8, 4) is 11.5 Å². The number of hydrogen-bond donors (Lipinski definition) is 1. The van der Waals surface area contributed by atoms with Gasteiger partial charge in [0.05, 0.1) is 23.6 Å². The first kappa shape index (κ1) is 21.0. The van der Waals surface area contributed by atoms with E-state index in [1.165, 1.54) is 6.07 Å². The number of ether oxygens (including phenoxy) is 1. The lowest BCUT2D eigenvalue weighted by molar-refractivity contribution is 0.0725. The summed E-state index contributed by atoms with van der Waals surface area (Å²) in [5.74, 6) is 0.176. The highest BCUT2D eigenvalue weighted by Crippen LogP contribution is 2.41. The van der Waals surface area contributed by atoms with E-state index in [1.54, 1.807) is 17.0 Å². The quantitative estimate of drug-likeness (QED) is 0.615. The molecule has 6 nitrogen and oxygen atoms in total. The number of rotatable bonds is 6. The van der Waals surface area contributed by atoms with Crippen LogP contribution >= 0.6 is 0 Å². The van der Waals surface area contributed by atoms with Gasteiger partial charge in [-0.1, -0.05) is 25.5 Å². The van der Waals surface area contributed by atoms with E-state index in [4.69, 9.17) is 9.15 Å². The molecule has 0 bridgehead atoms. The fraction of sp³-hybridized carbons (Fsp3) is 0.360. The SMILES string of the molecule is CCCCN1C(=O)c2oc3c(C)cc(C)cc3c(=O)c2C1c1ccc(O)c(OCC)c1. The summed E-state index contributed by atoms with van der Waals surface area (Å²) in [6, 6.07) is 8.14. The zero-order chi connectivity index (χ0) is 22.3. The van der Waals surface area contributed by atoms with Gasteiger partial charge in [-0.25, -0.2) is 0 Å². The molecule has 1 aromatic heterocycles. The van der Waals surface area contributed by atoms with Gasteiger partial charge in [0.2, 0.25) is 5.76 Å². The predicted octanol–water partition coefficient (Wildman–Crippen LogP) is 4.86. The van der Waals surface area contributed by atoms with Crippen LogP contribution in [0, 0.1) is 13.8 Å². The Labute approximate surface area is 181 Å². The number of carbonyl (C=O) groups excluding carboxylic acids is 1. The predicted molar refractivity (Wildman–Crippen MR) is 119 cm³/mol. The maximum absolute atomic E-state index is 13.6. The van der Waals surface area contributed by atoms with Crippen LogP contribution in [0.4, 0.5) is 0 Å². The monoisotopic (exact) mass is 421 g/mol. The molecular weight excluding hydrogens is 394 g/mol. The van der Waals surface area contributed by atoms with Crippen molar-refractivity contribution in [2.45, 2.75) is 46.6 Å². The molecule has 0 saturated carbocycles. The van der Waals surface area contributed by atoms with Crippen molar-refractivity contribution in [2.24, 2.45) is 0 Å². The molecular formula is C25H27NO5. The van der Waals surface area contributed by atoms with E-state index in [1.807, 2.05) is 32.9 Å². The van der Waals surface area contributed by atoms with E-state index in [9.17, 15) is 14.7 Å². The number of aryl methyl sites for hydroxylation is 2. The molecule has 0 spiro atoms. The average molecular weight is 421 g/mol. The van der Waals surface area contributed by atoms with Crippen molar-refractivity contribution in [2.75, 3.05) is 13.2 Å². The van der Waals surface area contributed by atoms with E-state index in [-0.39, 0.29) is 22.8 Å². The van der Waals surface area contributed by atoms with Crippen molar-refractivity contribution < 1.29 is 19.1 Å². The van der Waals surface area contributed by atoms with Gasteiger partial charge in [0.25, 0.3) is 5.91 Å². The van der Waals surface area contributed by atoms with Gasteiger partial charge in [0, 0.05) is 6.54 Å². The maximum Gasteiger partial charge on any atom is 0.290 e. The van der Waals surface area contributed by atoms with Crippen LogP contribution in [0.2, 0.25) is 0 Å². The molecule has 162 valence electrons. The minimum atomic E-state index is -0.588. The molecule has 2 aromatic carbocycles. The number of phenolic OH excluding ortho intramolecular Hbond substituents is 1. The zero-order valence-corrected chi connectivity index (χ0v) is 18.3. The van der Waals surface area contributed by atoms with Crippen molar-refractivity contribution in [3.05, 3.63) is 68.6 Å². The smallest absolute Gasteiger partial charge is 0.290 e. The first-order valence-corrected chi connectivity index (χ1v) is 10.7. The Morgan fingerprint density at radius 2 is 1.90 bits per heavy atom. The number of hydrogen-bond acceptors (Lipinski definition) is 5. The molecule has 0 radical (unpaired) electrons. The van der Waals surface area contributed by atoms with Crippen molar-refractivity contribution >= 4 is 16.9 Å².